The van der Waals surface area contributed by atoms with E-state index in [2.05, 4.69) is 33.3 Å². The fraction of sp³-hybridized carbons (Fsp3) is 0.312. The van der Waals surface area contributed by atoms with E-state index >= 15 is 0 Å². The highest BCUT2D eigenvalue weighted by molar-refractivity contribution is 7.07. The van der Waals surface area contributed by atoms with Crippen molar-refractivity contribution in [1.29, 1.82) is 0 Å². The van der Waals surface area contributed by atoms with Gasteiger partial charge in [0.2, 0.25) is 0 Å². The molecule has 0 aliphatic carbocycles. The Bertz CT molecular complexity index is 749. The van der Waals surface area contributed by atoms with Gasteiger partial charge in [0.15, 0.2) is 5.82 Å². The molecule has 2 atom stereocenters. The monoisotopic (exact) mass is 322 g/mol. The van der Waals surface area contributed by atoms with E-state index < -0.39 is 0 Å². The van der Waals surface area contributed by atoms with Crippen molar-refractivity contribution in [3.05, 3.63) is 52.2 Å². The van der Waals surface area contributed by atoms with Gasteiger partial charge in [-0.1, -0.05) is 6.07 Å². The average Bonchev–Trinajstić information content (AvgIpc) is 3.05. The molecule has 0 aliphatic rings. The van der Waals surface area contributed by atoms with Gasteiger partial charge in [-0.25, -0.2) is 9.37 Å². The van der Waals surface area contributed by atoms with Crippen molar-refractivity contribution in [2.45, 2.75) is 31.7 Å². The fourth-order valence-corrected chi connectivity index (χ4v) is 3.52. The molecule has 0 N–H and O–H groups in total. The molecule has 2 nitrogen and oxygen atoms in total. The smallest absolute Gasteiger partial charge is 0.151 e. The number of imidazole rings is 1. The van der Waals surface area contributed by atoms with Crippen LogP contribution in [0.2, 0.25) is 0 Å². The topological polar surface area (TPSA) is 17.8 Å². The lowest BCUT2D eigenvalue weighted by Crippen LogP contribution is -2.12. The van der Waals surface area contributed by atoms with Gasteiger partial charge in [-0.2, -0.15) is 11.3 Å². The summed E-state index contributed by atoms with van der Waals surface area (Å²) in [7, 11) is 0. The molecule has 1 aromatic carbocycles. The fourth-order valence-electron chi connectivity index (χ4n) is 2.69. The first kappa shape index (κ1) is 14.5. The third-order valence-electron chi connectivity index (χ3n) is 3.61. The van der Waals surface area contributed by atoms with E-state index in [4.69, 9.17) is 11.6 Å². The van der Waals surface area contributed by atoms with Crippen LogP contribution in [0.1, 0.15) is 36.7 Å². The summed E-state index contributed by atoms with van der Waals surface area (Å²) in [6.45, 7) is 3.99. The van der Waals surface area contributed by atoms with Crippen LogP contribution < -0.4 is 0 Å². The lowest BCUT2D eigenvalue weighted by Gasteiger charge is -2.18. The third-order valence-corrected chi connectivity index (χ3v) is 4.53. The van der Waals surface area contributed by atoms with Crippen molar-refractivity contribution < 1.29 is 4.39 Å². The zero-order chi connectivity index (χ0) is 15.0. The van der Waals surface area contributed by atoms with Gasteiger partial charge in [-0.05, 0) is 54.8 Å². The summed E-state index contributed by atoms with van der Waals surface area (Å²) in [4.78, 5) is 4.42. The Morgan fingerprint density at radius 2 is 2.14 bits per heavy atom. The molecule has 0 fully saturated rings. The minimum atomic E-state index is -0.299. The summed E-state index contributed by atoms with van der Waals surface area (Å²) >= 11 is 7.94. The number of para-hydroxylation sites is 1. The van der Waals surface area contributed by atoms with Crippen molar-refractivity contribution >= 4 is 34.0 Å². The van der Waals surface area contributed by atoms with E-state index in [1.54, 1.807) is 17.4 Å². The van der Waals surface area contributed by atoms with E-state index in [-0.39, 0.29) is 17.2 Å². The first-order valence-electron chi connectivity index (χ1n) is 6.89. The largest absolute Gasteiger partial charge is 0.323 e. The Labute approximate surface area is 132 Å². The Morgan fingerprint density at radius 3 is 2.81 bits per heavy atom. The van der Waals surface area contributed by atoms with Crippen molar-refractivity contribution in [3.8, 4) is 0 Å². The van der Waals surface area contributed by atoms with E-state index in [1.807, 2.05) is 13.0 Å². The van der Waals surface area contributed by atoms with E-state index in [9.17, 15) is 4.39 Å². The standard InChI is InChI=1S/C16H16ClFN2S/c1-10(8-12-6-7-21-9-12)20-14-5-3-4-13(18)15(14)19-16(20)11(2)17/h3-7,9-11H,8H2,1-2H3. The molecule has 0 aliphatic heterocycles. The minimum Gasteiger partial charge on any atom is -0.323 e. The minimum absolute atomic E-state index is 0.169. The molecule has 0 bridgehead atoms. The van der Waals surface area contributed by atoms with E-state index in [0.717, 1.165) is 17.8 Å². The molecule has 3 aromatic rings. The first-order valence-corrected chi connectivity index (χ1v) is 8.27. The lowest BCUT2D eigenvalue weighted by molar-refractivity contribution is 0.535. The first-order chi connectivity index (χ1) is 10.1. The molecule has 2 unspecified atom stereocenters. The quantitative estimate of drug-likeness (QED) is 0.593. The number of hydrogen-bond acceptors (Lipinski definition) is 2. The summed E-state index contributed by atoms with van der Waals surface area (Å²) in [5, 5.41) is 3.94. The van der Waals surface area contributed by atoms with Crippen molar-refractivity contribution in [2.75, 3.05) is 0 Å². The molecular formula is C16H16ClFN2S. The predicted octanol–water partition coefficient (Wildman–Crippen LogP) is 5.34. The van der Waals surface area contributed by atoms with E-state index in [1.165, 1.54) is 11.6 Å². The zero-order valence-electron chi connectivity index (χ0n) is 11.9. The maximum absolute atomic E-state index is 14.0. The summed E-state index contributed by atoms with van der Waals surface area (Å²) in [6, 6.07) is 7.34. The molecule has 5 heteroatoms. The molecule has 2 heterocycles. The van der Waals surface area contributed by atoms with Crippen LogP contribution in [-0.2, 0) is 6.42 Å². The molecule has 0 saturated carbocycles. The van der Waals surface area contributed by atoms with Gasteiger partial charge in [0.1, 0.15) is 11.3 Å². The maximum Gasteiger partial charge on any atom is 0.151 e. The van der Waals surface area contributed by atoms with Crippen LogP contribution in [0.5, 0.6) is 0 Å². The second kappa shape index (κ2) is 5.78. The van der Waals surface area contributed by atoms with Crippen molar-refractivity contribution in [1.82, 2.24) is 9.55 Å². The SMILES string of the molecule is CC(Cl)c1nc2c(F)cccc2n1C(C)Cc1ccsc1. The second-order valence-corrected chi connectivity index (χ2v) is 6.68. The molecule has 3 rings (SSSR count). The number of aromatic nitrogens is 2. The van der Waals surface area contributed by atoms with Gasteiger partial charge < -0.3 is 4.57 Å². The summed E-state index contributed by atoms with van der Waals surface area (Å²) in [5.74, 6) is 0.423. The van der Waals surface area contributed by atoms with Crippen LogP contribution in [0.25, 0.3) is 11.0 Å². The molecule has 0 amide bonds. The van der Waals surface area contributed by atoms with E-state index in [0.29, 0.717) is 5.52 Å². The highest BCUT2D eigenvalue weighted by Crippen LogP contribution is 2.30. The Kier molecular flexibility index (Phi) is 4.00. The maximum atomic E-state index is 14.0. The Morgan fingerprint density at radius 1 is 1.33 bits per heavy atom. The lowest BCUT2D eigenvalue weighted by atomic mass is 10.1. The zero-order valence-corrected chi connectivity index (χ0v) is 13.5. The van der Waals surface area contributed by atoms with Gasteiger partial charge in [0.05, 0.1) is 10.9 Å². The van der Waals surface area contributed by atoms with Crippen LogP contribution in [0.3, 0.4) is 0 Å². The molecule has 0 spiro atoms. The highest BCUT2D eigenvalue weighted by Gasteiger charge is 2.21. The van der Waals surface area contributed by atoms with Crippen molar-refractivity contribution in [3.63, 3.8) is 0 Å². The van der Waals surface area contributed by atoms with Crippen LogP contribution in [0.4, 0.5) is 4.39 Å². The Hall–Kier alpha value is -1.39. The van der Waals surface area contributed by atoms with Crippen molar-refractivity contribution in [2.24, 2.45) is 0 Å². The number of hydrogen-bond donors (Lipinski definition) is 0. The number of thiophene rings is 1. The third kappa shape index (κ3) is 2.70. The van der Waals surface area contributed by atoms with Crippen LogP contribution >= 0.6 is 22.9 Å². The molecule has 0 radical (unpaired) electrons. The summed E-state index contributed by atoms with van der Waals surface area (Å²) < 4.78 is 16.0. The van der Waals surface area contributed by atoms with Crippen LogP contribution in [0, 0.1) is 5.82 Å². The predicted molar refractivity (Wildman–Crippen MR) is 86.7 cm³/mol. The number of alkyl halides is 1. The van der Waals surface area contributed by atoms with Crippen LogP contribution in [0.15, 0.2) is 35.0 Å². The van der Waals surface area contributed by atoms with Crippen LogP contribution in [-0.4, -0.2) is 9.55 Å². The van der Waals surface area contributed by atoms with Gasteiger partial charge in [0, 0.05) is 6.04 Å². The number of rotatable bonds is 4. The number of nitrogens with zero attached hydrogens (tertiary/aromatic N) is 2. The van der Waals surface area contributed by atoms with Gasteiger partial charge in [-0.3, -0.25) is 0 Å². The van der Waals surface area contributed by atoms with Gasteiger partial charge in [0.25, 0.3) is 0 Å². The molecule has 21 heavy (non-hydrogen) atoms. The molecule has 110 valence electrons. The normalized spacial score (nSPS) is 14.5. The second-order valence-electron chi connectivity index (χ2n) is 5.25. The number of benzene rings is 1. The average molecular weight is 323 g/mol. The molecule has 2 aromatic heterocycles. The molecular weight excluding hydrogens is 307 g/mol. The Balaban J connectivity index is 2.10. The highest BCUT2D eigenvalue weighted by atomic mass is 35.5. The summed E-state index contributed by atoms with van der Waals surface area (Å²) in [5.41, 5.74) is 2.48. The number of fused-ring (bicyclic) bond motifs is 1. The van der Waals surface area contributed by atoms with Gasteiger partial charge >= 0.3 is 0 Å². The number of halogens is 2. The summed E-state index contributed by atoms with van der Waals surface area (Å²) in [6.07, 6.45) is 0.877. The van der Waals surface area contributed by atoms with Gasteiger partial charge in [-0.15, -0.1) is 11.6 Å². The molecule has 0 saturated heterocycles.